The van der Waals surface area contributed by atoms with Gasteiger partial charge in [-0.05, 0) is 54.4 Å². The average Bonchev–Trinajstić information content (AvgIpc) is 3.26. The van der Waals surface area contributed by atoms with Gasteiger partial charge in [-0.25, -0.2) is 4.98 Å². The zero-order valence-electron chi connectivity index (χ0n) is 17.5. The second-order valence-electron chi connectivity index (χ2n) is 7.82. The van der Waals surface area contributed by atoms with Crippen molar-refractivity contribution in [3.8, 4) is 16.8 Å². The minimum atomic E-state index is 0.116. The van der Waals surface area contributed by atoms with Gasteiger partial charge in [0.15, 0.2) is 0 Å². The van der Waals surface area contributed by atoms with E-state index in [1.165, 1.54) is 0 Å². The Morgan fingerprint density at radius 1 is 0.774 bits per heavy atom. The lowest BCUT2D eigenvalue weighted by atomic mass is 10.0. The molecule has 0 spiro atoms. The number of benzene rings is 3. The van der Waals surface area contributed by atoms with Gasteiger partial charge >= 0.3 is 0 Å². The molecule has 2 heterocycles. The minimum absolute atomic E-state index is 0.116. The van der Waals surface area contributed by atoms with Gasteiger partial charge in [0.25, 0.3) is 0 Å². The van der Waals surface area contributed by atoms with Crippen LogP contribution in [-0.2, 0) is 4.79 Å². The lowest BCUT2D eigenvalue weighted by molar-refractivity contribution is -0.117. The predicted octanol–water partition coefficient (Wildman–Crippen LogP) is 4.70. The van der Waals surface area contributed by atoms with Crippen molar-refractivity contribution in [1.82, 2.24) is 9.55 Å². The summed E-state index contributed by atoms with van der Waals surface area (Å²) < 4.78 is 2.00. The largest absolute Gasteiger partial charge is 0.360 e. The summed E-state index contributed by atoms with van der Waals surface area (Å²) in [6.07, 6.45) is 3.82. The van der Waals surface area contributed by atoms with E-state index in [1.807, 2.05) is 59.2 Å². The normalized spacial score (nSPS) is 14.2. The van der Waals surface area contributed by atoms with Crippen molar-refractivity contribution in [3.63, 3.8) is 0 Å². The summed E-state index contributed by atoms with van der Waals surface area (Å²) in [7, 11) is 0. The zero-order chi connectivity index (χ0) is 21.2. The van der Waals surface area contributed by atoms with Gasteiger partial charge in [-0.1, -0.05) is 42.5 Å². The molecule has 1 fully saturated rings. The van der Waals surface area contributed by atoms with Crippen molar-refractivity contribution in [3.05, 3.63) is 97.1 Å². The first kappa shape index (κ1) is 19.1. The molecule has 1 saturated heterocycles. The molecule has 3 aromatic carbocycles. The van der Waals surface area contributed by atoms with Crippen molar-refractivity contribution in [2.45, 2.75) is 6.92 Å². The molecule has 0 aliphatic carbocycles. The summed E-state index contributed by atoms with van der Waals surface area (Å²) in [4.78, 5) is 21.3. The van der Waals surface area contributed by atoms with E-state index in [-0.39, 0.29) is 5.91 Å². The maximum atomic E-state index is 13.0. The number of aromatic nitrogens is 2. The molecule has 0 saturated carbocycles. The van der Waals surface area contributed by atoms with E-state index in [0.717, 1.165) is 40.4 Å². The topological polar surface area (TPSA) is 41.4 Å². The van der Waals surface area contributed by atoms with Crippen LogP contribution in [0, 0.1) is 6.92 Å². The lowest BCUT2D eigenvalue weighted by Gasteiger charge is -2.35. The van der Waals surface area contributed by atoms with Crippen molar-refractivity contribution >= 4 is 17.3 Å². The van der Waals surface area contributed by atoms with Crippen LogP contribution >= 0.6 is 0 Å². The third-order valence-electron chi connectivity index (χ3n) is 5.71. The maximum Gasteiger partial charge on any atom is 0.246 e. The summed E-state index contributed by atoms with van der Waals surface area (Å²) in [5, 5.41) is 0. The van der Waals surface area contributed by atoms with Crippen LogP contribution in [0.1, 0.15) is 5.69 Å². The van der Waals surface area contributed by atoms with Crippen molar-refractivity contribution in [2.75, 3.05) is 29.4 Å². The third-order valence-corrected chi connectivity index (χ3v) is 5.71. The quantitative estimate of drug-likeness (QED) is 0.491. The molecule has 1 aliphatic rings. The Labute approximate surface area is 182 Å². The third kappa shape index (κ3) is 3.94. The Bertz CT molecular complexity index is 1200. The van der Waals surface area contributed by atoms with E-state index in [0.29, 0.717) is 13.1 Å². The fourth-order valence-corrected chi connectivity index (χ4v) is 4.05. The standard InChI is InChI=1S/C26H24N4O/c1-20-17-29(19-27-20)24-12-10-23(11-13-24)28-14-15-30(26(31)18-28)25-9-5-8-22(16-25)21-6-3-2-4-7-21/h2-13,16-17,19H,14-15,18H2,1H3. The molecule has 0 bridgehead atoms. The van der Waals surface area contributed by atoms with Crippen LogP contribution in [0.25, 0.3) is 16.8 Å². The van der Waals surface area contributed by atoms with E-state index in [1.54, 1.807) is 0 Å². The molecule has 0 N–H and O–H groups in total. The number of imidazole rings is 1. The van der Waals surface area contributed by atoms with Crippen molar-refractivity contribution in [2.24, 2.45) is 0 Å². The summed E-state index contributed by atoms with van der Waals surface area (Å²) >= 11 is 0. The second-order valence-corrected chi connectivity index (χ2v) is 7.82. The Hall–Kier alpha value is -3.86. The van der Waals surface area contributed by atoms with Gasteiger partial charge in [0.2, 0.25) is 5.91 Å². The Balaban J connectivity index is 1.30. The van der Waals surface area contributed by atoms with Gasteiger partial charge in [-0.2, -0.15) is 0 Å². The zero-order valence-corrected chi connectivity index (χ0v) is 17.5. The number of hydrogen-bond acceptors (Lipinski definition) is 3. The summed E-state index contributed by atoms with van der Waals surface area (Å²) in [5.41, 5.74) is 6.35. The molecular formula is C26H24N4O. The number of amides is 1. The Morgan fingerprint density at radius 3 is 2.23 bits per heavy atom. The highest BCUT2D eigenvalue weighted by molar-refractivity contribution is 5.98. The number of aryl methyl sites for hydroxylation is 1. The molecule has 5 nitrogen and oxygen atoms in total. The van der Waals surface area contributed by atoms with Crippen LogP contribution in [0.3, 0.4) is 0 Å². The molecule has 5 rings (SSSR count). The van der Waals surface area contributed by atoms with Gasteiger partial charge in [0.1, 0.15) is 0 Å². The number of carbonyl (C=O) groups is 1. The highest BCUT2D eigenvalue weighted by atomic mass is 16.2. The number of piperazine rings is 1. The summed E-state index contributed by atoms with van der Waals surface area (Å²) in [5.74, 6) is 0.116. The molecule has 4 aromatic rings. The molecule has 5 heteroatoms. The molecule has 1 aromatic heterocycles. The molecule has 0 radical (unpaired) electrons. The van der Waals surface area contributed by atoms with Crippen LogP contribution < -0.4 is 9.80 Å². The van der Waals surface area contributed by atoms with E-state index in [9.17, 15) is 4.79 Å². The number of anilines is 2. The molecule has 0 unspecified atom stereocenters. The number of nitrogens with zero attached hydrogens (tertiary/aromatic N) is 4. The van der Waals surface area contributed by atoms with Gasteiger partial charge < -0.3 is 14.4 Å². The molecule has 1 amide bonds. The molecular weight excluding hydrogens is 384 g/mol. The van der Waals surface area contributed by atoms with E-state index in [2.05, 4.69) is 58.4 Å². The van der Waals surface area contributed by atoms with E-state index < -0.39 is 0 Å². The molecule has 31 heavy (non-hydrogen) atoms. The lowest BCUT2D eigenvalue weighted by Crippen LogP contribution is -2.50. The highest BCUT2D eigenvalue weighted by Gasteiger charge is 2.25. The number of carbonyl (C=O) groups excluding carboxylic acids is 1. The SMILES string of the molecule is Cc1cn(-c2ccc(N3CCN(c4cccc(-c5ccccc5)c4)C(=O)C3)cc2)cn1. The first-order valence-corrected chi connectivity index (χ1v) is 10.5. The number of hydrogen-bond donors (Lipinski definition) is 0. The average molecular weight is 409 g/mol. The first-order valence-electron chi connectivity index (χ1n) is 10.5. The van der Waals surface area contributed by atoms with E-state index >= 15 is 0 Å². The van der Waals surface area contributed by atoms with Crippen LogP contribution in [0.2, 0.25) is 0 Å². The predicted molar refractivity (Wildman–Crippen MR) is 125 cm³/mol. The smallest absolute Gasteiger partial charge is 0.246 e. The van der Waals surface area contributed by atoms with Gasteiger partial charge in [-0.15, -0.1) is 0 Å². The van der Waals surface area contributed by atoms with E-state index in [4.69, 9.17) is 0 Å². The Kier molecular flexibility index (Phi) is 5.00. The minimum Gasteiger partial charge on any atom is -0.360 e. The van der Waals surface area contributed by atoms with Crippen LogP contribution in [0.4, 0.5) is 11.4 Å². The second kappa shape index (κ2) is 8.11. The van der Waals surface area contributed by atoms with Crippen LogP contribution in [-0.4, -0.2) is 35.1 Å². The van der Waals surface area contributed by atoms with Crippen molar-refractivity contribution < 1.29 is 4.79 Å². The Morgan fingerprint density at radius 2 is 1.52 bits per heavy atom. The summed E-state index contributed by atoms with van der Waals surface area (Å²) in [6, 6.07) is 26.8. The van der Waals surface area contributed by atoms with Gasteiger partial charge in [0, 0.05) is 36.3 Å². The maximum absolute atomic E-state index is 13.0. The van der Waals surface area contributed by atoms with Crippen LogP contribution in [0.15, 0.2) is 91.4 Å². The molecule has 0 atom stereocenters. The molecule has 1 aliphatic heterocycles. The first-order chi connectivity index (χ1) is 15.2. The number of rotatable bonds is 4. The fourth-order valence-electron chi connectivity index (χ4n) is 4.05. The van der Waals surface area contributed by atoms with Crippen molar-refractivity contribution in [1.29, 1.82) is 0 Å². The van der Waals surface area contributed by atoms with Gasteiger partial charge in [-0.3, -0.25) is 4.79 Å². The molecule has 154 valence electrons. The van der Waals surface area contributed by atoms with Gasteiger partial charge in [0.05, 0.1) is 18.6 Å². The van der Waals surface area contributed by atoms with Crippen LogP contribution in [0.5, 0.6) is 0 Å². The fraction of sp³-hybridized carbons (Fsp3) is 0.154. The highest BCUT2D eigenvalue weighted by Crippen LogP contribution is 2.27. The summed E-state index contributed by atoms with van der Waals surface area (Å²) in [6.45, 7) is 3.81. The monoisotopic (exact) mass is 408 g/mol.